The number of unbranched alkanes of at least 4 members (excludes halogenated alkanes) is 26. The molecule has 2 nitrogen and oxygen atoms in total. The summed E-state index contributed by atoms with van der Waals surface area (Å²) in [5.41, 5.74) is 22.6. The van der Waals surface area contributed by atoms with Crippen molar-refractivity contribution in [1.29, 1.82) is 0 Å². The average molecular weight is 855 g/mol. The van der Waals surface area contributed by atoms with E-state index < -0.39 is 0 Å². The van der Waals surface area contributed by atoms with Crippen LogP contribution in [0.15, 0.2) is 97.1 Å². The fourth-order valence-corrected chi connectivity index (χ4v) is 9.91. The normalized spacial score (nSPS) is 12.5. The summed E-state index contributed by atoms with van der Waals surface area (Å²) >= 11 is 0. The molecule has 0 spiro atoms. The molecular formula is C61H94N2. The second-order valence-electron chi connectivity index (χ2n) is 19.5. The maximum Gasteiger partial charge on any atom is 0.0314 e. The van der Waals surface area contributed by atoms with Crippen molar-refractivity contribution in [1.82, 2.24) is 0 Å². The van der Waals surface area contributed by atoms with Crippen LogP contribution in [0.25, 0.3) is 0 Å². The van der Waals surface area contributed by atoms with E-state index in [9.17, 15) is 0 Å². The molecule has 0 amide bonds. The SMILES string of the molecule is CCCCCCCCCCCC(c1ccc(N)cc1)c1ccc(CCCCCCCCCCCCCc2ccc(C(CCCCCCCCCCC)c3ccc(N)cc3)cc2)cc1. The number of hydrogen-bond donors (Lipinski definition) is 2. The van der Waals surface area contributed by atoms with E-state index in [1.54, 1.807) is 0 Å². The Bertz CT molecular complexity index is 1510. The summed E-state index contributed by atoms with van der Waals surface area (Å²) < 4.78 is 0. The molecule has 4 aromatic rings. The zero-order chi connectivity index (χ0) is 44.4. The number of nitrogens with two attached hydrogens (primary N) is 2. The van der Waals surface area contributed by atoms with Crippen molar-refractivity contribution < 1.29 is 0 Å². The minimum Gasteiger partial charge on any atom is -0.399 e. The Morgan fingerprint density at radius 2 is 0.492 bits per heavy atom. The van der Waals surface area contributed by atoms with Crippen molar-refractivity contribution in [3.05, 3.63) is 130 Å². The molecule has 4 rings (SSSR count). The van der Waals surface area contributed by atoms with Gasteiger partial charge in [0, 0.05) is 23.2 Å². The molecule has 2 unspecified atom stereocenters. The molecule has 2 heteroatoms. The standard InChI is InChI=1S/C61H94N2/c1-3-5-7-9-11-16-22-26-30-34-60(56-44-48-58(62)49-45-56)54-40-36-52(37-41-54)32-28-24-20-18-14-13-15-19-21-25-29-33-53-38-42-55(43-39-53)61(57-46-50-59(63)51-47-57)35-31-27-23-17-12-10-8-6-4-2/h36-51,60-61H,3-35,62-63H2,1-2H3. The minimum atomic E-state index is 0.465. The minimum absolute atomic E-state index is 0.465. The van der Waals surface area contributed by atoms with Gasteiger partial charge in [0.15, 0.2) is 0 Å². The van der Waals surface area contributed by atoms with Crippen LogP contribution in [0.3, 0.4) is 0 Å². The summed E-state index contributed by atoms with van der Waals surface area (Å²) in [6.07, 6.45) is 44.8. The molecule has 2 atom stereocenters. The van der Waals surface area contributed by atoms with Crippen LogP contribution in [0, 0.1) is 0 Å². The van der Waals surface area contributed by atoms with Crippen molar-refractivity contribution >= 4 is 11.4 Å². The number of anilines is 2. The third-order valence-electron chi connectivity index (χ3n) is 14.1. The zero-order valence-corrected chi connectivity index (χ0v) is 40.9. The molecular weight excluding hydrogens is 761 g/mol. The van der Waals surface area contributed by atoms with E-state index in [1.165, 1.54) is 245 Å². The Morgan fingerprint density at radius 3 is 0.762 bits per heavy atom. The molecule has 0 radical (unpaired) electrons. The van der Waals surface area contributed by atoms with Gasteiger partial charge in [0.25, 0.3) is 0 Å². The van der Waals surface area contributed by atoms with Crippen molar-refractivity contribution in [2.45, 2.75) is 238 Å². The Morgan fingerprint density at radius 1 is 0.270 bits per heavy atom. The van der Waals surface area contributed by atoms with Crippen molar-refractivity contribution in [2.24, 2.45) is 0 Å². The maximum atomic E-state index is 6.06. The third-order valence-corrected chi connectivity index (χ3v) is 14.1. The molecule has 0 saturated heterocycles. The molecule has 0 aromatic heterocycles. The van der Waals surface area contributed by atoms with Gasteiger partial charge in [-0.2, -0.15) is 0 Å². The molecule has 0 bridgehead atoms. The number of rotatable bonds is 38. The van der Waals surface area contributed by atoms with Gasteiger partial charge in [-0.05, 0) is 96.2 Å². The fraction of sp³-hybridized carbons (Fsp3) is 0.607. The van der Waals surface area contributed by atoms with Crippen LogP contribution in [0.2, 0.25) is 0 Å². The predicted octanol–water partition coefficient (Wildman–Crippen LogP) is 19.0. The fourth-order valence-electron chi connectivity index (χ4n) is 9.91. The highest BCUT2D eigenvalue weighted by Gasteiger charge is 2.16. The molecule has 348 valence electrons. The van der Waals surface area contributed by atoms with E-state index in [2.05, 4.69) is 111 Å². The second-order valence-corrected chi connectivity index (χ2v) is 19.5. The molecule has 0 heterocycles. The van der Waals surface area contributed by atoms with Crippen molar-refractivity contribution in [3.63, 3.8) is 0 Å². The van der Waals surface area contributed by atoms with E-state index in [4.69, 9.17) is 11.5 Å². The highest BCUT2D eigenvalue weighted by molar-refractivity contribution is 5.44. The Balaban J connectivity index is 1.03. The Kier molecular flexibility index (Phi) is 28.1. The van der Waals surface area contributed by atoms with Gasteiger partial charge < -0.3 is 11.5 Å². The van der Waals surface area contributed by atoms with Gasteiger partial charge in [-0.15, -0.1) is 0 Å². The van der Waals surface area contributed by atoms with E-state index in [1.807, 2.05) is 0 Å². The maximum absolute atomic E-state index is 6.06. The van der Waals surface area contributed by atoms with E-state index in [0.717, 1.165) is 11.4 Å². The van der Waals surface area contributed by atoms with Crippen LogP contribution in [-0.4, -0.2) is 0 Å². The lowest BCUT2D eigenvalue weighted by Crippen LogP contribution is -2.02. The summed E-state index contributed by atoms with van der Waals surface area (Å²) in [6, 6.07) is 36.6. The number of nitrogen functional groups attached to an aromatic ring is 2. The Labute approximate surface area is 389 Å². The molecule has 0 aliphatic heterocycles. The summed E-state index contributed by atoms with van der Waals surface area (Å²) in [6.45, 7) is 4.60. The lowest BCUT2D eigenvalue weighted by Gasteiger charge is -2.19. The average Bonchev–Trinajstić information content (AvgIpc) is 3.31. The molecule has 0 fully saturated rings. The van der Waals surface area contributed by atoms with Crippen LogP contribution in [0.1, 0.15) is 258 Å². The number of hydrogen-bond acceptors (Lipinski definition) is 2. The van der Waals surface area contributed by atoms with Crippen LogP contribution in [-0.2, 0) is 12.8 Å². The van der Waals surface area contributed by atoms with Gasteiger partial charge >= 0.3 is 0 Å². The number of aryl methyl sites for hydroxylation is 2. The van der Waals surface area contributed by atoms with Crippen molar-refractivity contribution in [2.75, 3.05) is 11.5 Å². The first-order valence-corrected chi connectivity index (χ1v) is 27.0. The van der Waals surface area contributed by atoms with E-state index in [0.29, 0.717) is 11.8 Å². The lowest BCUT2D eigenvalue weighted by molar-refractivity contribution is 0.544. The summed E-state index contributed by atoms with van der Waals surface area (Å²) in [4.78, 5) is 0. The van der Waals surface area contributed by atoms with Gasteiger partial charge in [0.05, 0.1) is 0 Å². The van der Waals surface area contributed by atoms with Crippen LogP contribution in [0.5, 0.6) is 0 Å². The first-order chi connectivity index (χ1) is 31.1. The molecule has 63 heavy (non-hydrogen) atoms. The highest BCUT2D eigenvalue weighted by Crippen LogP contribution is 2.33. The van der Waals surface area contributed by atoms with Gasteiger partial charge in [0.2, 0.25) is 0 Å². The monoisotopic (exact) mass is 855 g/mol. The van der Waals surface area contributed by atoms with E-state index in [-0.39, 0.29) is 0 Å². The molecule has 4 N–H and O–H groups in total. The van der Waals surface area contributed by atoms with Gasteiger partial charge in [-0.25, -0.2) is 0 Å². The third kappa shape index (κ3) is 22.8. The first-order valence-electron chi connectivity index (χ1n) is 27.0. The van der Waals surface area contributed by atoms with Gasteiger partial charge in [0.1, 0.15) is 0 Å². The van der Waals surface area contributed by atoms with Crippen LogP contribution in [0.4, 0.5) is 11.4 Å². The highest BCUT2D eigenvalue weighted by atomic mass is 14.5. The van der Waals surface area contributed by atoms with Crippen LogP contribution < -0.4 is 11.5 Å². The topological polar surface area (TPSA) is 52.0 Å². The molecule has 0 aliphatic rings. The number of benzene rings is 4. The largest absolute Gasteiger partial charge is 0.399 e. The molecule has 4 aromatic carbocycles. The van der Waals surface area contributed by atoms with Gasteiger partial charge in [-0.3, -0.25) is 0 Å². The van der Waals surface area contributed by atoms with Gasteiger partial charge in [-0.1, -0.05) is 260 Å². The van der Waals surface area contributed by atoms with Crippen molar-refractivity contribution in [3.8, 4) is 0 Å². The smallest absolute Gasteiger partial charge is 0.0314 e. The second kappa shape index (κ2) is 33.9. The van der Waals surface area contributed by atoms with E-state index >= 15 is 0 Å². The Hall–Kier alpha value is -3.52. The zero-order valence-electron chi connectivity index (χ0n) is 40.9. The summed E-state index contributed by atoms with van der Waals surface area (Å²) in [5, 5.41) is 0. The summed E-state index contributed by atoms with van der Waals surface area (Å²) in [5.74, 6) is 0.930. The first kappa shape index (κ1) is 52.1. The molecule has 0 aliphatic carbocycles. The quantitative estimate of drug-likeness (QED) is 0.0349. The summed E-state index contributed by atoms with van der Waals surface area (Å²) in [7, 11) is 0. The lowest BCUT2D eigenvalue weighted by atomic mass is 9.86. The van der Waals surface area contributed by atoms with Crippen LogP contribution >= 0.6 is 0 Å². The molecule has 0 saturated carbocycles. The predicted molar refractivity (Wildman–Crippen MR) is 280 cm³/mol.